The van der Waals surface area contributed by atoms with Crippen molar-refractivity contribution in [2.75, 3.05) is 13.2 Å². The Balaban J connectivity index is 1.52. The van der Waals surface area contributed by atoms with Gasteiger partial charge in [0.25, 0.3) is 0 Å². The number of aromatic hydroxyl groups is 2. The fourth-order valence-corrected chi connectivity index (χ4v) is 5.09. The number of hydrogen-bond donors (Lipinski definition) is 10. The highest BCUT2D eigenvalue weighted by atomic mass is 16.7. The van der Waals surface area contributed by atoms with Gasteiger partial charge in [0, 0.05) is 12.1 Å². The number of aliphatic hydroxyl groups is 7. The number of carboxylic acids is 1. The fraction of sp³-hybridized carbons (Fsp3) is 0.433. The molecule has 0 aliphatic carbocycles. The van der Waals surface area contributed by atoms with Crippen LogP contribution in [-0.4, -0.2) is 138 Å². The molecule has 0 spiro atoms. The van der Waals surface area contributed by atoms with Crippen molar-refractivity contribution >= 4 is 22.9 Å². The van der Waals surface area contributed by atoms with Crippen molar-refractivity contribution in [1.82, 2.24) is 0 Å². The van der Waals surface area contributed by atoms with Gasteiger partial charge in [-0.3, -0.25) is 9.59 Å². The number of aliphatic hydroxyl groups excluding tert-OH is 7. The van der Waals surface area contributed by atoms with Crippen molar-refractivity contribution in [2.24, 2.45) is 0 Å². The van der Waals surface area contributed by atoms with Gasteiger partial charge in [-0.05, 0) is 24.3 Å². The molecule has 18 heteroatoms. The lowest BCUT2D eigenvalue weighted by molar-refractivity contribution is -0.278. The van der Waals surface area contributed by atoms with Gasteiger partial charge in [0.2, 0.25) is 18.3 Å². The molecule has 0 amide bonds. The average Bonchev–Trinajstić information content (AvgIpc) is 3.04. The molecule has 5 rings (SSSR count). The molecule has 10 atom stereocenters. The first kappa shape index (κ1) is 35.0. The maximum Gasteiger partial charge on any atom is 0.402 e. The standard InChI is InChI=1S/C30H32O18/c31-9-18-22(37)24(39)26(41)29(47-18)45-16-6-13(33)5-15-14(16)7-17(28(44-15)11-1-3-12(32)4-2-11)46-30-27(42)25(40)23(38)19(48-30)10-43-21(36)8-20(34)35/h1-7,18-19,22-27,29-31,37-42H,8-10H2,(H2-,32,33,34,35)/p+1/t18-,19-,22-,23-,24+,25+,26-,27-,29-,30-/m1/s1. The van der Waals surface area contributed by atoms with Crippen molar-refractivity contribution in [3.63, 3.8) is 0 Å². The number of phenols is 2. The van der Waals surface area contributed by atoms with Crippen LogP contribution in [0.2, 0.25) is 0 Å². The van der Waals surface area contributed by atoms with Crippen LogP contribution in [0.5, 0.6) is 23.0 Å². The number of aliphatic carboxylic acids is 1. The molecule has 0 bridgehead atoms. The highest BCUT2D eigenvalue weighted by molar-refractivity contribution is 5.90. The smallest absolute Gasteiger partial charge is 0.402 e. The number of benzene rings is 2. The molecule has 2 aromatic carbocycles. The van der Waals surface area contributed by atoms with E-state index < -0.39 is 93.0 Å². The van der Waals surface area contributed by atoms with Gasteiger partial charge in [0.05, 0.1) is 18.2 Å². The van der Waals surface area contributed by atoms with E-state index in [-0.39, 0.29) is 45.3 Å². The first-order valence-electron chi connectivity index (χ1n) is 14.4. The van der Waals surface area contributed by atoms with Crippen LogP contribution < -0.4 is 9.47 Å². The highest BCUT2D eigenvalue weighted by Crippen LogP contribution is 2.42. The summed E-state index contributed by atoms with van der Waals surface area (Å²) in [6.45, 7) is -1.46. The summed E-state index contributed by atoms with van der Waals surface area (Å²) in [5.74, 6) is -3.62. The first-order chi connectivity index (χ1) is 22.8. The van der Waals surface area contributed by atoms with Gasteiger partial charge in [-0.15, -0.1) is 0 Å². The van der Waals surface area contributed by atoms with Gasteiger partial charge in [0.1, 0.15) is 84.5 Å². The van der Waals surface area contributed by atoms with Gasteiger partial charge < -0.3 is 74.7 Å². The lowest BCUT2D eigenvalue weighted by atomic mass is 9.99. The summed E-state index contributed by atoms with van der Waals surface area (Å²) >= 11 is 0. The van der Waals surface area contributed by atoms with Gasteiger partial charge in [-0.1, -0.05) is 0 Å². The second-order valence-corrected chi connectivity index (χ2v) is 11.0. The number of carbonyl (C=O) groups excluding carboxylic acids is 1. The summed E-state index contributed by atoms with van der Waals surface area (Å²) < 4.78 is 33.6. The van der Waals surface area contributed by atoms with Crippen LogP contribution in [0.15, 0.2) is 46.9 Å². The molecule has 10 N–H and O–H groups in total. The zero-order valence-corrected chi connectivity index (χ0v) is 24.7. The summed E-state index contributed by atoms with van der Waals surface area (Å²) in [6, 6.07) is 9.08. The third-order valence-electron chi connectivity index (χ3n) is 7.64. The monoisotopic (exact) mass is 681 g/mol. The third-order valence-corrected chi connectivity index (χ3v) is 7.64. The Morgan fingerprint density at radius 2 is 1.31 bits per heavy atom. The van der Waals surface area contributed by atoms with Crippen LogP contribution in [0.4, 0.5) is 0 Å². The van der Waals surface area contributed by atoms with Crippen LogP contribution in [-0.2, 0) is 23.8 Å². The lowest BCUT2D eigenvalue weighted by Gasteiger charge is -2.39. The summed E-state index contributed by atoms with van der Waals surface area (Å²) in [7, 11) is 0. The first-order valence-corrected chi connectivity index (χ1v) is 14.4. The Bertz CT molecular complexity index is 1610. The third kappa shape index (κ3) is 7.36. The van der Waals surface area contributed by atoms with Crippen molar-refractivity contribution in [3.05, 3.63) is 42.5 Å². The number of phenolic OH excluding ortho intramolecular Hbond substituents is 2. The Labute approximate surface area is 269 Å². The zero-order valence-electron chi connectivity index (χ0n) is 24.7. The van der Waals surface area contributed by atoms with Crippen LogP contribution in [0.1, 0.15) is 6.42 Å². The topological polar surface area (TPSA) is 294 Å². The molecule has 48 heavy (non-hydrogen) atoms. The van der Waals surface area contributed by atoms with Gasteiger partial charge >= 0.3 is 23.3 Å². The van der Waals surface area contributed by atoms with Crippen molar-refractivity contribution in [1.29, 1.82) is 0 Å². The van der Waals surface area contributed by atoms with Crippen molar-refractivity contribution in [2.45, 2.75) is 67.8 Å². The summed E-state index contributed by atoms with van der Waals surface area (Å²) in [5, 5.41) is 101. The van der Waals surface area contributed by atoms with Crippen molar-refractivity contribution < 1.29 is 88.8 Å². The molecule has 2 aliphatic rings. The van der Waals surface area contributed by atoms with Gasteiger partial charge in [-0.25, -0.2) is 4.42 Å². The van der Waals surface area contributed by atoms with Crippen molar-refractivity contribution in [3.8, 4) is 34.3 Å². The predicted octanol–water partition coefficient (Wildman–Crippen LogP) is -1.82. The Hall–Kier alpha value is -4.37. The molecular weight excluding hydrogens is 648 g/mol. The number of hydrogen-bond acceptors (Lipinski definition) is 16. The van der Waals surface area contributed by atoms with E-state index in [2.05, 4.69) is 0 Å². The fourth-order valence-electron chi connectivity index (χ4n) is 5.09. The molecule has 2 saturated heterocycles. The van der Waals surface area contributed by atoms with Crippen LogP contribution in [0.3, 0.4) is 0 Å². The Kier molecular flexibility index (Phi) is 10.5. The molecule has 260 valence electrons. The van der Waals surface area contributed by atoms with Crippen LogP contribution >= 0.6 is 0 Å². The summed E-state index contributed by atoms with van der Waals surface area (Å²) in [6.07, 6.45) is -18.1. The van der Waals surface area contributed by atoms with E-state index in [0.717, 1.165) is 6.07 Å². The number of esters is 1. The number of rotatable bonds is 10. The summed E-state index contributed by atoms with van der Waals surface area (Å²) in [5.41, 5.74) is 0.239. The molecule has 0 saturated carbocycles. The second-order valence-electron chi connectivity index (χ2n) is 11.0. The predicted molar refractivity (Wildman–Crippen MR) is 154 cm³/mol. The van der Waals surface area contributed by atoms with Crippen LogP contribution in [0.25, 0.3) is 22.3 Å². The van der Waals surface area contributed by atoms with E-state index in [9.17, 15) is 55.5 Å². The van der Waals surface area contributed by atoms with E-state index in [1.54, 1.807) is 0 Å². The Morgan fingerprint density at radius 3 is 1.92 bits per heavy atom. The highest BCUT2D eigenvalue weighted by Gasteiger charge is 2.47. The molecule has 2 aliphatic heterocycles. The lowest BCUT2D eigenvalue weighted by Crippen LogP contribution is -2.60. The average molecular weight is 682 g/mol. The molecule has 0 radical (unpaired) electrons. The van der Waals surface area contributed by atoms with Gasteiger partial charge in [0.15, 0.2) is 0 Å². The SMILES string of the molecule is O=C(O)CC(=O)OC[C@H]1O[C@@H](Oc2cc3c(O[C@@H]4O[C@H](CO)[C@@H](O)[C@H](O)[C@H]4O)cc(O)cc3[o+]c2-c2ccc(O)cc2)[C@H](O)[C@@H](O)[C@@H]1O. The van der Waals surface area contributed by atoms with E-state index >= 15 is 0 Å². The molecule has 3 aromatic rings. The zero-order chi connectivity index (χ0) is 34.9. The number of carboxylic acid groups (broad SMARTS) is 1. The maximum atomic E-state index is 11.8. The normalized spacial score (nSPS) is 30.5. The molecule has 18 nitrogen and oxygen atoms in total. The molecular formula is C30H33O18+. The maximum absolute atomic E-state index is 11.8. The summed E-state index contributed by atoms with van der Waals surface area (Å²) in [4.78, 5) is 22.5. The second kappa shape index (κ2) is 14.4. The largest absolute Gasteiger partial charge is 0.508 e. The van der Waals surface area contributed by atoms with E-state index in [0.29, 0.717) is 0 Å². The number of carbonyl (C=O) groups is 2. The number of fused-ring (bicyclic) bond motifs is 1. The van der Waals surface area contributed by atoms with E-state index in [1.807, 2.05) is 0 Å². The minimum atomic E-state index is -1.90. The van der Waals surface area contributed by atoms with E-state index in [4.69, 9.17) is 33.2 Å². The number of ether oxygens (including phenoxy) is 5. The minimum absolute atomic E-state index is 0.0346. The molecule has 3 heterocycles. The quantitative estimate of drug-likeness (QED) is 0.0640. The Morgan fingerprint density at radius 1 is 0.729 bits per heavy atom. The molecule has 0 unspecified atom stereocenters. The van der Waals surface area contributed by atoms with Gasteiger partial charge in [-0.2, -0.15) is 0 Å². The van der Waals surface area contributed by atoms with E-state index in [1.165, 1.54) is 36.4 Å². The van der Waals surface area contributed by atoms with Crippen LogP contribution in [0, 0.1) is 0 Å². The minimum Gasteiger partial charge on any atom is -0.508 e. The molecule has 2 fully saturated rings. The molecule has 1 aromatic heterocycles.